The van der Waals surface area contributed by atoms with Crippen molar-refractivity contribution in [3.8, 4) is 0 Å². The molecule has 0 aromatic carbocycles. The second kappa shape index (κ2) is 6.44. The second-order valence-corrected chi connectivity index (χ2v) is 4.78. The number of carbonyl (C=O) groups excluding carboxylic acids is 1. The quantitative estimate of drug-likeness (QED) is 0.745. The number of carbonyl (C=O) groups is 1. The first-order chi connectivity index (χ1) is 10.1. The molecule has 2 aromatic rings. The summed E-state index contributed by atoms with van der Waals surface area (Å²) in [5.74, 6) is 0.633. The third-order valence-electron chi connectivity index (χ3n) is 2.87. The van der Waals surface area contributed by atoms with Gasteiger partial charge in [0.05, 0.1) is 12.8 Å². The molecule has 2 heterocycles. The van der Waals surface area contributed by atoms with Crippen LogP contribution in [0.15, 0.2) is 4.52 Å². The Balaban J connectivity index is 2.26. The molecule has 0 unspecified atom stereocenters. The van der Waals surface area contributed by atoms with E-state index in [1.807, 2.05) is 13.8 Å². The number of nitrogens with zero attached hydrogens (tertiary/aromatic N) is 5. The summed E-state index contributed by atoms with van der Waals surface area (Å²) in [6.07, 6.45) is 0.451. The van der Waals surface area contributed by atoms with Gasteiger partial charge in [0.25, 0.3) is 0 Å². The fourth-order valence-electron chi connectivity index (χ4n) is 1.80. The highest BCUT2D eigenvalue weighted by atomic mass is 16.5. The van der Waals surface area contributed by atoms with E-state index < -0.39 is 5.97 Å². The van der Waals surface area contributed by atoms with Gasteiger partial charge in [0.1, 0.15) is 6.54 Å². The van der Waals surface area contributed by atoms with Gasteiger partial charge in [0.15, 0.2) is 11.5 Å². The topological polar surface area (TPSA) is 122 Å². The smallest absolute Gasteiger partial charge is 0.360 e. The van der Waals surface area contributed by atoms with E-state index in [9.17, 15) is 4.79 Å². The van der Waals surface area contributed by atoms with Crippen molar-refractivity contribution in [3.05, 3.63) is 23.1 Å². The Morgan fingerprint density at radius 3 is 2.81 bits per heavy atom. The molecule has 2 rings (SSSR count). The van der Waals surface area contributed by atoms with Crippen molar-refractivity contribution in [2.75, 3.05) is 13.7 Å². The zero-order valence-corrected chi connectivity index (χ0v) is 12.2. The SMILES string of the molecule is COC(=O)c1nnn(Cc2noc(C(C)C)n2)c1CCN. The molecule has 2 N–H and O–H groups in total. The number of aromatic nitrogens is 5. The van der Waals surface area contributed by atoms with Gasteiger partial charge in [-0.05, 0) is 6.54 Å². The average molecular weight is 294 g/mol. The van der Waals surface area contributed by atoms with Gasteiger partial charge in [0.2, 0.25) is 5.89 Å². The van der Waals surface area contributed by atoms with Gasteiger partial charge in [0, 0.05) is 12.3 Å². The largest absolute Gasteiger partial charge is 0.464 e. The Hall–Kier alpha value is -2.29. The van der Waals surface area contributed by atoms with Crippen LogP contribution in [-0.2, 0) is 17.7 Å². The lowest BCUT2D eigenvalue weighted by molar-refractivity contribution is 0.0592. The van der Waals surface area contributed by atoms with E-state index in [-0.39, 0.29) is 18.2 Å². The first-order valence-electron chi connectivity index (χ1n) is 6.60. The molecule has 9 heteroatoms. The minimum atomic E-state index is -0.541. The molecule has 0 aliphatic rings. The Bertz CT molecular complexity index is 618. The predicted octanol–water partition coefficient (Wildman–Crippen LogP) is 0.121. The lowest BCUT2D eigenvalue weighted by atomic mass is 10.2. The summed E-state index contributed by atoms with van der Waals surface area (Å²) in [5, 5.41) is 11.7. The molecular formula is C12H18N6O3. The van der Waals surface area contributed by atoms with E-state index in [4.69, 9.17) is 10.3 Å². The van der Waals surface area contributed by atoms with Crippen LogP contribution in [0, 0.1) is 0 Å². The molecule has 114 valence electrons. The van der Waals surface area contributed by atoms with Crippen molar-refractivity contribution in [2.24, 2.45) is 5.73 Å². The maximum absolute atomic E-state index is 11.6. The van der Waals surface area contributed by atoms with Crippen LogP contribution in [0.2, 0.25) is 0 Å². The Morgan fingerprint density at radius 1 is 1.48 bits per heavy atom. The van der Waals surface area contributed by atoms with Crippen LogP contribution in [0.1, 0.15) is 47.7 Å². The monoisotopic (exact) mass is 294 g/mol. The van der Waals surface area contributed by atoms with Crippen molar-refractivity contribution >= 4 is 5.97 Å². The van der Waals surface area contributed by atoms with Crippen LogP contribution in [-0.4, -0.2) is 44.8 Å². The van der Waals surface area contributed by atoms with Gasteiger partial charge in [-0.2, -0.15) is 4.98 Å². The molecule has 0 fully saturated rings. The summed E-state index contributed by atoms with van der Waals surface area (Å²) in [5.41, 5.74) is 6.33. The molecule has 0 radical (unpaired) electrons. The highest BCUT2D eigenvalue weighted by Gasteiger charge is 2.21. The van der Waals surface area contributed by atoms with Crippen LogP contribution in [0.5, 0.6) is 0 Å². The van der Waals surface area contributed by atoms with Gasteiger partial charge in [-0.3, -0.25) is 0 Å². The minimum absolute atomic E-state index is 0.149. The maximum atomic E-state index is 11.6. The Morgan fingerprint density at radius 2 is 2.24 bits per heavy atom. The highest BCUT2D eigenvalue weighted by molar-refractivity contribution is 5.88. The van der Waals surface area contributed by atoms with Gasteiger partial charge in [-0.1, -0.05) is 24.2 Å². The fourth-order valence-corrected chi connectivity index (χ4v) is 1.80. The average Bonchev–Trinajstić information content (AvgIpc) is 3.07. The molecule has 21 heavy (non-hydrogen) atoms. The third kappa shape index (κ3) is 3.24. The summed E-state index contributed by atoms with van der Waals surface area (Å²) in [6, 6.07) is 0. The first-order valence-corrected chi connectivity index (χ1v) is 6.60. The van der Waals surface area contributed by atoms with Gasteiger partial charge in [-0.15, -0.1) is 5.10 Å². The van der Waals surface area contributed by atoms with Crippen LogP contribution < -0.4 is 5.73 Å². The number of hydrogen-bond donors (Lipinski definition) is 1. The first kappa shape index (κ1) is 15.1. The van der Waals surface area contributed by atoms with E-state index in [1.54, 1.807) is 0 Å². The lowest BCUT2D eigenvalue weighted by Gasteiger charge is -2.04. The van der Waals surface area contributed by atoms with Gasteiger partial charge < -0.3 is 15.0 Å². The number of esters is 1. The summed E-state index contributed by atoms with van der Waals surface area (Å²) < 4.78 is 11.3. The maximum Gasteiger partial charge on any atom is 0.360 e. The third-order valence-corrected chi connectivity index (χ3v) is 2.87. The molecule has 0 aliphatic heterocycles. The van der Waals surface area contributed by atoms with Crippen molar-refractivity contribution < 1.29 is 14.1 Å². The van der Waals surface area contributed by atoms with E-state index >= 15 is 0 Å². The number of methoxy groups -OCH3 is 1. The minimum Gasteiger partial charge on any atom is -0.464 e. The molecule has 0 spiro atoms. The van der Waals surface area contributed by atoms with Crippen LogP contribution >= 0.6 is 0 Å². The number of nitrogens with two attached hydrogens (primary N) is 1. The van der Waals surface area contributed by atoms with E-state index in [1.165, 1.54) is 11.8 Å². The van der Waals surface area contributed by atoms with Crippen LogP contribution in [0.25, 0.3) is 0 Å². The van der Waals surface area contributed by atoms with Crippen LogP contribution in [0.4, 0.5) is 0 Å². The van der Waals surface area contributed by atoms with Gasteiger partial charge >= 0.3 is 5.97 Å². The van der Waals surface area contributed by atoms with E-state index in [0.29, 0.717) is 30.4 Å². The summed E-state index contributed by atoms with van der Waals surface area (Å²) >= 11 is 0. The van der Waals surface area contributed by atoms with Crippen molar-refractivity contribution in [3.63, 3.8) is 0 Å². The zero-order valence-electron chi connectivity index (χ0n) is 12.2. The molecule has 0 amide bonds. The number of ether oxygens (including phenoxy) is 1. The normalized spacial score (nSPS) is 11.1. The predicted molar refractivity (Wildman–Crippen MR) is 71.6 cm³/mol. The molecular weight excluding hydrogens is 276 g/mol. The lowest BCUT2D eigenvalue weighted by Crippen LogP contribution is -2.15. The fraction of sp³-hybridized carbons (Fsp3) is 0.583. The summed E-state index contributed by atoms with van der Waals surface area (Å²) in [7, 11) is 1.29. The van der Waals surface area contributed by atoms with E-state index in [0.717, 1.165) is 0 Å². The van der Waals surface area contributed by atoms with Crippen LogP contribution in [0.3, 0.4) is 0 Å². The summed E-state index contributed by atoms with van der Waals surface area (Å²) in [6.45, 7) is 4.54. The van der Waals surface area contributed by atoms with Crippen molar-refractivity contribution in [2.45, 2.75) is 32.7 Å². The van der Waals surface area contributed by atoms with E-state index in [2.05, 4.69) is 25.2 Å². The highest BCUT2D eigenvalue weighted by Crippen LogP contribution is 2.13. The molecule has 0 aliphatic carbocycles. The standard InChI is InChI=1S/C12H18N6O3/c1-7(2)11-14-9(16-21-11)6-18-8(4-5-13)10(15-17-18)12(19)20-3/h7H,4-6,13H2,1-3H3. The number of rotatable bonds is 6. The molecule has 0 atom stereocenters. The molecule has 2 aromatic heterocycles. The summed E-state index contributed by atoms with van der Waals surface area (Å²) in [4.78, 5) is 15.9. The molecule has 0 saturated carbocycles. The second-order valence-electron chi connectivity index (χ2n) is 4.78. The zero-order chi connectivity index (χ0) is 15.4. The molecule has 0 saturated heterocycles. The Kier molecular flexibility index (Phi) is 4.63. The Labute approximate surface area is 121 Å². The molecule has 9 nitrogen and oxygen atoms in total. The molecule has 0 bridgehead atoms. The van der Waals surface area contributed by atoms with Crippen molar-refractivity contribution in [1.82, 2.24) is 25.1 Å². The number of hydrogen-bond acceptors (Lipinski definition) is 8. The van der Waals surface area contributed by atoms with Crippen molar-refractivity contribution in [1.29, 1.82) is 0 Å². The van der Waals surface area contributed by atoms with Gasteiger partial charge in [-0.25, -0.2) is 9.48 Å².